The molecule has 0 aromatic carbocycles. The molecule has 1 N–H and O–H groups in total. The summed E-state index contributed by atoms with van der Waals surface area (Å²) in [5.41, 5.74) is 0. The Balaban J connectivity index is 2.29. The third-order valence-electron chi connectivity index (χ3n) is 3.09. The predicted molar refractivity (Wildman–Crippen MR) is 68.8 cm³/mol. The van der Waals surface area contributed by atoms with E-state index in [1.165, 1.54) is 32.4 Å². The predicted octanol–water partition coefficient (Wildman–Crippen LogP) is 1.73. The minimum atomic E-state index is 0.486. The highest BCUT2D eigenvalue weighted by Crippen LogP contribution is 2.29. The van der Waals surface area contributed by atoms with Gasteiger partial charge in [0, 0.05) is 26.2 Å². The monoisotopic (exact) mass is 228 g/mol. The maximum absolute atomic E-state index is 5.27. The summed E-state index contributed by atoms with van der Waals surface area (Å²) in [6.45, 7) is 9.91. The van der Waals surface area contributed by atoms with Crippen molar-refractivity contribution in [2.24, 2.45) is 5.92 Å². The summed E-state index contributed by atoms with van der Waals surface area (Å²) in [6, 6.07) is 0.486. The lowest BCUT2D eigenvalue weighted by atomic mass is 10.2. The van der Waals surface area contributed by atoms with E-state index in [1.54, 1.807) is 7.11 Å². The number of likely N-dealkylation sites (N-methyl/N-ethyl adjacent to an activating group) is 1. The first kappa shape index (κ1) is 13.9. The van der Waals surface area contributed by atoms with Crippen LogP contribution in [0, 0.1) is 5.92 Å². The van der Waals surface area contributed by atoms with E-state index in [2.05, 4.69) is 24.1 Å². The summed E-state index contributed by atoms with van der Waals surface area (Å²) in [5.74, 6) is 0.983. The van der Waals surface area contributed by atoms with Crippen LogP contribution in [0.2, 0.25) is 0 Å². The van der Waals surface area contributed by atoms with Crippen LogP contribution in [0.5, 0.6) is 0 Å². The average molecular weight is 228 g/mol. The van der Waals surface area contributed by atoms with Crippen LogP contribution in [-0.4, -0.2) is 50.8 Å². The largest absolute Gasteiger partial charge is 0.383 e. The molecule has 0 amide bonds. The summed E-state index contributed by atoms with van der Waals surface area (Å²) in [5, 5.41) is 3.50. The first-order valence-corrected chi connectivity index (χ1v) is 6.74. The summed E-state index contributed by atoms with van der Waals surface area (Å²) < 4.78 is 5.27. The van der Waals surface area contributed by atoms with Gasteiger partial charge in [-0.15, -0.1) is 0 Å². The first-order valence-electron chi connectivity index (χ1n) is 6.74. The van der Waals surface area contributed by atoms with E-state index >= 15 is 0 Å². The van der Waals surface area contributed by atoms with Crippen molar-refractivity contribution in [3.05, 3.63) is 0 Å². The van der Waals surface area contributed by atoms with Gasteiger partial charge in [-0.3, -0.25) is 0 Å². The van der Waals surface area contributed by atoms with Crippen LogP contribution in [0.3, 0.4) is 0 Å². The molecule has 0 spiro atoms. The smallest absolute Gasteiger partial charge is 0.0628 e. The Labute approximate surface area is 101 Å². The molecular weight excluding hydrogens is 200 g/mol. The Morgan fingerprint density at radius 2 is 2.12 bits per heavy atom. The van der Waals surface area contributed by atoms with Crippen molar-refractivity contribution in [1.29, 1.82) is 0 Å². The number of rotatable bonds is 10. The molecule has 0 aromatic rings. The van der Waals surface area contributed by atoms with Crippen molar-refractivity contribution < 1.29 is 4.74 Å². The van der Waals surface area contributed by atoms with E-state index < -0.39 is 0 Å². The Kier molecular flexibility index (Phi) is 7.01. The quantitative estimate of drug-likeness (QED) is 0.616. The van der Waals surface area contributed by atoms with Gasteiger partial charge >= 0.3 is 0 Å². The third-order valence-corrected chi connectivity index (χ3v) is 3.09. The van der Waals surface area contributed by atoms with Gasteiger partial charge in [0.25, 0.3) is 0 Å². The summed E-state index contributed by atoms with van der Waals surface area (Å²) >= 11 is 0. The Bertz CT molecular complexity index is 165. The minimum Gasteiger partial charge on any atom is -0.383 e. The van der Waals surface area contributed by atoms with Gasteiger partial charge in [0.1, 0.15) is 0 Å². The van der Waals surface area contributed by atoms with E-state index in [0.717, 1.165) is 25.6 Å². The van der Waals surface area contributed by atoms with Gasteiger partial charge in [0.05, 0.1) is 6.61 Å². The SMILES string of the molecule is CCCN(CC1CC1)CC(COC)NCC. The van der Waals surface area contributed by atoms with Crippen LogP contribution in [0.1, 0.15) is 33.1 Å². The van der Waals surface area contributed by atoms with E-state index in [9.17, 15) is 0 Å². The summed E-state index contributed by atoms with van der Waals surface area (Å²) in [4.78, 5) is 2.60. The Hall–Kier alpha value is -0.120. The van der Waals surface area contributed by atoms with E-state index in [4.69, 9.17) is 4.74 Å². The van der Waals surface area contributed by atoms with Gasteiger partial charge in [0.2, 0.25) is 0 Å². The maximum Gasteiger partial charge on any atom is 0.0628 e. The second-order valence-electron chi connectivity index (χ2n) is 4.91. The van der Waals surface area contributed by atoms with Gasteiger partial charge < -0.3 is 15.0 Å². The fraction of sp³-hybridized carbons (Fsp3) is 1.00. The molecule has 1 rings (SSSR count). The van der Waals surface area contributed by atoms with Crippen molar-refractivity contribution in [1.82, 2.24) is 10.2 Å². The van der Waals surface area contributed by atoms with Gasteiger partial charge in [-0.2, -0.15) is 0 Å². The number of methoxy groups -OCH3 is 1. The molecule has 0 bridgehead atoms. The summed E-state index contributed by atoms with van der Waals surface area (Å²) in [6.07, 6.45) is 4.13. The molecule has 1 aliphatic carbocycles. The number of hydrogen-bond donors (Lipinski definition) is 1. The second-order valence-corrected chi connectivity index (χ2v) is 4.91. The Morgan fingerprint density at radius 3 is 2.62 bits per heavy atom. The topological polar surface area (TPSA) is 24.5 Å². The standard InChI is InChI=1S/C13H28N2O/c1-4-8-15(9-12-6-7-12)10-13(11-16-3)14-5-2/h12-14H,4-11H2,1-3H3. The lowest BCUT2D eigenvalue weighted by Crippen LogP contribution is -2.44. The first-order chi connectivity index (χ1) is 7.80. The normalized spacial score (nSPS) is 18.0. The zero-order valence-electron chi connectivity index (χ0n) is 11.2. The van der Waals surface area contributed by atoms with Crippen molar-refractivity contribution >= 4 is 0 Å². The lowest BCUT2D eigenvalue weighted by Gasteiger charge is -2.27. The molecule has 1 saturated carbocycles. The second kappa shape index (κ2) is 8.04. The maximum atomic E-state index is 5.27. The van der Waals surface area contributed by atoms with Crippen LogP contribution >= 0.6 is 0 Å². The zero-order chi connectivity index (χ0) is 11.8. The highest BCUT2D eigenvalue weighted by molar-refractivity contribution is 4.80. The van der Waals surface area contributed by atoms with Crippen LogP contribution in [-0.2, 0) is 4.74 Å². The molecule has 0 radical (unpaired) electrons. The van der Waals surface area contributed by atoms with Crippen LogP contribution < -0.4 is 5.32 Å². The van der Waals surface area contributed by atoms with E-state index in [0.29, 0.717) is 6.04 Å². The Morgan fingerprint density at radius 1 is 1.38 bits per heavy atom. The average Bonchev–Trinajstić information content (AvgIpc) is 3.03. The minimum absolute atomic E-state index is 0.486. The van der Waals surface area contributed by atoms with Crippen molar-refractivity contribution in [2.45, 2.75) is 39.2 Å². The third kappa shape index (κ3) is 5.83. The molecule has 1 aliphatic rings. The molecule has 0 saturated heterocycles. The summed E-state index contributed by atoms with van der Waals surface area (Å²) in [7, 11) is 1.79. The molecule has 1 fully saturated rings. The van der Waals surface area contributed by atoms with Crippen molar-refractivity contribution in [3.8, 4) is 0 Å². The molecular formula is C13H28N2O. The fourth-order valence-corrected chi connectivity index (χ4v) is 2.22. The number of nitrogens with zero attached hydrogens (tertiary/aromatic N) is 1. The lowest BCUT2D eigenvalue weighted by molar-refractivity contribution is 0.136. The van der Waals surface area contributed by atoms with Crippen LogP contribution in [0.4, 0.5) is 0 Å². The molecule has 96 valence electrons. The molecule has 16 heavy (non-hydrogen) atoms. The van der Waals surface area contributed by atoms with Gasteiger partial charge in [-0.05, 0) is 38.3 Å². The van der Waals surface area contributed by atoms with Crippen molar-refractivity contribution in [2.75, 3.05) is 39.9 Å². The van der Waals surface area contributed by atoms with Gasteiger partial charge in [-0.25, -0.2) is 0 Å². The molecule has 3 heteroatoms. The van der Waals surface area contributed by atoms with E-state index in [-0.39, 0.29) is 0 Å². The molecule has 1 unspecified atom stereocenters. The van der Waals surface area contributed by atoms with Crippen LogP contribution in [0.15, 0.2) is 0 Å². The van der Waals surface area contributed by atoms with Crippen LogP contribution in [0.25, 0.3) is 0 Å². The number of ether oxygens (including phenoxy) is 1. The van der Waals surface area contributed by atoms with Gasteiger partial charge in [0.15, 0.2) is 0 Å². The van der Waals surface area contributed by atoms with Crippen molar-refractivity contribution in [3.63, 3.8) is 0 Å². The molecule has 1 atom stereocenters. The molecule has 3 nitrogen and oxygen atoms in total. The fourth-order valence-electron chi connectivity index (χ4n) is 2.22. The zero-order valence-corrected chi connectivity index (χ0v) is 11.2. The highest BCUT2D eigenvalue weighted by Gasteiger charge is 2.25. The highest BCUT2D eigenvalue weighted by atomic mass is 16.5. The number of hydrogen-bond acceptors (Lipinski definition) is 3. The van der Waals surface area contributed by atoms with Gasteiger partial charge in [-0.1, -0.05) is 13.8 Å². The molecule has 0 heterocycles. The molecule has 0 aliphatic heterocycles. The molecule has 0 aromatic heterocycles. The number of nitrogens with one attached hydrogen (secondary N) is 1. The van der Waals surface area contributed by atoms with E-state index in [1.807, 2.05) is 0 Å².